The van der Waals surface area contributed by atoms with Crippen molar-refractivity contribution in [2.24, 2.45) is 0 Å². The third kappa shape index (κ3) is 3.02. The number of aromatic nitrogens is 1. The van der Waals surface area contributed by atoms with Gasteiger partial charge in [0.1, 0.15) is 11.6 Å². The van der Waals surface area contributed by atoms with Crippen LogP contribution in [0.3, 0.4) is 0 Å². The van der Waals surface area contributed by atoms with Crippen molar-refractivity contribution >= 4 is 17.3 Å². The predicted octanol–water partition coefficient (Wildman–Crippen LogP) is 3.15. The molecule has 0 bridgehead atoms. The van der Waals surface area contributed by atoms with Gasteiger partial charge in [-0.05, 0) is 37.3 Å². The van der Waals surface area contributed by atoms with Gasteiger partial charge < -0.3 is 10.2 Å². The summed E-state index contributed by atoms with van der Waals surface area (Å²) >= 11 is 0. The molecule has 1 aromatic carbocycles. The number of hydrogen-bond donors (Lipinski definition) is 1. The molecule has 0 aliphatic heterocycles. The number of nitriles is 1. The van der Waals surface area contributed by atoms with Crippen molar-refractivity contribution in [1.82, 2.24) is 4.98 Å². The van der Waals surface area contributed by atoms with Gasteiger partial charge in [-0.15, -0.1) is 0 Å². The van der Waals surface area contributed by atoms with Gasteiger partial charge in [0.25, 0.3) is 0 Å². The molecule has 4 heteroatoms. The van der Waals surface area contributed by atoms with Crippen LogP contribution in [-0.2, 0) is 0 Å². The van der Waals surface area contributed by atoms with Gasteiger partial charge in [-0.2, -0.15) is 5.26 Å². The van der Waals surface area contributed by atoms with Crippen molar-refractivity contribution in [3.05, 3.63) is 48.0 Å². The van der Waals surface area contributed by atoms with Gasteiger partial charge in [0, 0.05) is 19.3 Å². The van der Waals surface area contributed by atoms with Gasteiger partial charge >= 0.3 is 0 Å². The quantitative estimate of drug-likeness (QED) is 0.908. The van der Waals surface area contributed by atoms with E-state index in [0.717, 1.165) is 23.9 Å². The maximum Gasteiger partial charge on any atom is 0.135 e. The summed E-state index contributed by atoms with van der Waals surface area (Å²) in [6.07, 6.45) is 0. The number of anilines is 3. The molecule has 0 saturated carbocycles. The first-order valence-corrected chi connectivity index (χ1v) is 6.19. The van der Waals surface area contributed by atoms with Crippen molar-refractivity contribution in [2.45, 2.75) is 6.92 Å². The molecule has 0 saturated heterocycles. The second-order valence-corrected chi connectivity index (χ2v) is 4.13. The predicted molar refractivity (Wildman–Crippen MR) is 77.6 cm³/mol. The summed E-state index contributed by atoms with van der Waals surface area (Å²) in [6, 6.07) is 15.5. The van der Waals surface area contributed by atoms with Gasteiger partial charge in [0.05, 0.1) is 11.6 Å². The second-order valence-electron chi connectivity index (χ2n) is 4.13. The van der Waals surface area contributed by atoms with Crippen LogP contribution in [0.15, 0.2) is 42.5 Å². The molecule has 0 aliphatic rings. The standard InChI is InChI=1S/C15H16N4/c1-3-17-14-8-5-9-15(18-14)19(2)13-7-4-6-12(10-13)11-16/h4-10H,3H2,1-2H3,(H,17,18). The minimum absolute atomic E-state index is 0.646. The molecule has 0 aliphatic carbocycles. The van der Waals surface area contributed by atoms with Gasteiger partial charge in [-0.25, -0.2) is 4.98 Å². The summed E-state index contributed by atoms with van der Waals surface area (Å²) in [6.45, 7) is 2.87. The Balaban J connectivity index is 2.30. The monoisotopic (exact) mass is 252 g/mol. The Morgan fingerprint density at radius 3 is 2.79 bits per heavy atom. The molecule has 1 aromatic heterocycles. The third-order valence-electron chi connectivity index (χ3n) is 2.80. The molecule has 0 atom stereocenters. The fraction of sp³-hybridized carbons (Fsp3) is 0.200. The summed E-state index contributed by atoms with van der Waals surface area (Å²) in [5, 5.41) is 12.1. The van der Waals surface area contributed by atoms with E-state index in [1.165, 1.54) is 0 Å². The molecular formula is C15H16N4. The summed E-state index contributed by atoms with van der Waals surface area (Å²) < 4.78 is 0. The molecule has 2 aromatic rings. The Bertz CT molecular complexity index is 601. The van der Waals surface area contributed by atoms with E-state index in [9.17, 15) is 0 Å². The van der Waals surface area contributed by atoms with E-state index in [0.29, 0.717) is 5.56 Å². The molecule has 1 heterocycles. The zero-order valence-electron chi connectivity index (χ0n) is 11.1. The summed E-state index contributed by atoms with van der Waals surface area (Å²) in [5.74, 6) is 1.69. The Kier molecular flexibility index (Phi) is 3.99. The van der Waals surface area contributed by atoms with Gasteiger partial charge in [-0.1, -0.05) is 12.1 Å². The van der Waals surface area contributed by atoms with E-state index < -0.39 is 0 Å². The van der Waals surface area contributed by atoms with Crippen LogP contribution in [0.2, 0.25) is 0 Å². The third-order valence-corrected chi connectivity index (χ3v) is 2.80. The SMILES string of the molecule is CCNc1cccc(N(C)c2cccc(C#N)c2)n1. The van der Waals surface area contributed by atoms with Crippen LogP contribution in [-0.4, -0.2) is 18.6 Å². The highest BCUT2D eigenvalue weighted by atomic mass is 15.2. The lowest BCUT2D eigenvalue weighted by Gasteiger charge is -2.19. The Hall–Kier alpha value is -2.54. The Labute approximate surface area is 113 Å². The molecule has 4 nitrogen and oxygen atoms in total. The Morgan fingerprint density at radius 2 is 2.05 bits per heavy atom. The lowest BCUT2D eigenvalue weighted by atomic mass is 10.2. The summed E-state index contributed by atoms with van der Waals surface area (Å²) in [4.78, 5) is 6.49. The topological polar surface area (TPSA) is 52.0 Å². The highest BCUT2D eigenvalue weighted by Gasteiger charge is 2.06. The normalized spacial score (nSPS) is 9.74. The molecule has 0 spiro atoms. The fourth-order valence-corrected chi connectivity index (χ4v) is 1.81. The van der Waals surface area contributed by atoms with Gasteiger partial charge in [0.15, 0.2) is 0 Å². The molecule has 19 heavy (non-hydrogen) atoms. The smallest absolute Gasteiger partial charge is 0.135 e. The summed E-state index contributed by atoms with van der Waals surface area (Å²) in [7, 11) is 1.94. The van der Waals surface area contributed by atoms with Crippen molar-refractivity contribution in [3.8, 4) is 6.07 Å². The van der Waals surface area contributed by atoms with E-state index in [4.69, 9.17) is 5.26 Å². The first kappa shape index (κ1) is 12.9. The maximum absolute atomic E-state index is 8.93. The molecule has 0 radical (unpaired) electrons. The van der Waals surface area contributed by atoms with Crippen LogP contribution >= 0.6 is 0 Å². The summed E-state index contributed by atoms with van der Waals surface area (Å²) in [5.41, 5.74) is 1.59. The van der Waals surface area contributed by atoms with Crippen LogP contribution in [0.1, 0.15) is 12.5 Å². The first-order chi connectivity index (χ1) is 9.24. The highest BCUT2D eigenvalue weighted by molar-refractivity contribution is 5.62. The van der Waals surface area contributed by atoms with Crippen LogP contribution in [0.25, 0.3) is 0 Å². The molecule has 96 valence electrons. The van der Waals surface area contributed by atoms with Crippen LogP contribution in [0.4, 0.5) is 17.3 Å². The zero-order valence-corrected chi connectivity index (χ0v) is 11.1. The van der Waals surface area contributed by atoms with Crippen molar-refractivity contribution < 1.29 is 0 Å². The minimum atomic E-state index is 0.646. The molecule has 1 N–H and O–H groups in total. The second kappa shape index (κ2) is 5.87. The average molecular weight is 252 g/mol. The van der Waals surface area contributed by atoms with E-state index in [-0.39, 0.29) is 0 Å². The largest absolute Gasteiger partial charge is 0.370 e. The van der Waals surface area contributed by atoms with E-state index >= 15 is 0 Å². The number of pyridine rings is 1. The van der Waals surface area contributed by atoms with Gasteiger partial charge in [-0.3, -0.25) is 0 Å². The van der Waals surface area contributed by atoms with Crippen LogP contribution < -0.4 is 10.2 Å². The Morgan fingerprint density at radius 1 is 1.26 bits per heavy atom. The van der Waals surface area contributed by atoms with E-state index in [1.54, 1.807) is 6.07 Å². The molecule has 0 amide bonds. The average Bonchev–Trinajstić information content (AvgIpc) is 2.47. The zero-order chi connectivity index (χ0) is 13.7. The van der Waals surface area contributed by atoms with E-state index in [1.807, 2.05) is 55.3 Å². The van der Waals surface area contributed by atoms with Crippen LogP contribution in [0, 0.1) is 11.3 Å². The van der Waals surface area contributed by atoms with Crippen molar-refractivity contribution in [3.63, 3.8) is 0 Å². The first-order valence-electron chi connectivity index (χ1n) is 6.19. The van der Waals surface area contributed by atoms with Crippen molar-refractivity contribution in [2.75, 3.05) is 23.8 Å². The molecular weight excluding hydrogens is 236 g/mol. The van der Waals surface area contributed by atoms with Gasteiger partial charge in [0.2, 0.25) is 0 Å². The highest BCUT2D eigenvalue weighted by Crippen LogP contribution is 2.23. The van der Waals surface area contributed by atoms with E-state index in [2.05, 4.69) is 16.4 Å². The maximum atomic E-state index is 8.93. The van der Waals surface area contributed by atoms with Crippen molar-refractivity contribution in [1.29, 1.82) is 5.26 Å². The lowest BCUT2D eigenvalue weighted by molar-refractivity contribution is 1.10. The molecule has 2 rings (SSSR count). The number of nitrogens with one attached hydrogen (secondary N) is 1. The molecule has 0 fully saturated rings. The molecule has 0 unspecified atom stereocenters. The van der Waals surface area contributed by atoms with Crippen LogP contribution in [0.5, 0.6) is 0 Å². The minimum Gasteiger partial charge on any atom is -0.370 e. The number of hydrogen-bond acceptors (Lipinski definition) is 4. The number of nitrogens with zero attached hydrogens (tertiary/aromatic N) is 3. The number of rotatable bonds is 4. The fourth-order valence-electron chi connectivity index (χ4n) is 1.81. The lowest BCUT2D eigenvalue weighted by Crippen LogP contribution is -2.12. The number of benzene rings is 1.